The van der Waals surface area contributed by atoms with E-state index in [0.29, 0.717) is 5.76 Å². The van der Waals surface area contributed by atoms with Crippen molar-refractivity contribution in [3.05, 3.63) is 39.9 Å². The van der Waals surface area contributed by atoms with E-state index >= 15 is 0 Å². The Labute approximate surface area is 99.1 Å². The molecule has 0 amide bonds. The number of halogens is 1. The monoisotopic (exact) mass is 315 g/mol. The van der Waals surface area contributed by atoms with Crippen LogP contribution in [0.4, 0.5) is 0 Å². The highest BCUT2D eigenvalue weighted by Crippen LogP contribution is 2.27. The Morgan fingerprint density at radius 2 is 2.13 bits per heavy atom. The van der Waals surface area contributed by atoms with Crippen LogP contribution in [-0.4, -0.2) is 16.1 Å². The first-order chi connectivity index (χ1) is 7.20. The Kier molecular flexibility index (Phi) is 2.72. The number of hydrogen-bond donors (Lipinski definition) is 1. The Bertz CT molecular complexity index is 507. The second-order valence-electron chi connectivity index (χ2n) is 2.82. The third-order valence-corrected chi connectivity index (χ3v) is 2.83. The summed E-state index contributed by atoms with van der Waals surface area (Å²) in [6.07, 6.45) is 1.14. The van der Waals surface area contributed by atoms with E-state index in [-0.39, 0.29) is 5.69 Å². The Morgan fingerprint density at radius 3 is 2.80 bits per heavy atom. The van der Waals surface area contributed by atoms with Crippen LogP contribution in [0.2, 0.25) is 0 Å². The lowest BCUT2D eigenvalue weighted by molar-refractivity contribution is 0.0691. The molecule has 0 aliphatic carbocycles. The average Bonchev–Trinajstić information content (AvgIpc) is 2.67. The fraction of sp³-hybridized carbons (Fsp3) is 0. The number of benzene rings is 1. The summed E-state index contributed by atoms with van der Waals surface area (Å²) in [5, 5.41) is 8.88. The van der Waals surface area contributed by atoms with Gasteiger partial charge in [-0.25, -0.2) is 9.78 Å². The van der Waals surface area contributed by atoms with Crippen LogP contribution >= 0.6 is 22.6 Å². The summed E-state index contributed by atoms with van der Waals surface area (Å²) in [5.41, 5.74) is 0.687. The highest BCUT2D eigenvalue weighted by atomic mass is 127. The number of carboxylic acids is 1. The van der Waals surface area contributed by atoms with Crippen molar-refractivity contribution < 1.29 is 14.3 Å². The minimum Gasteiger partial charge on any atom is -0.476 e. The fourth-order valence-electron chi connectivity index (χ4n) is 1.23. The van der Waals surface area contributed by atoms with E-state index in [1.807, 2.05) is 18.2 Å². The smallest absolute Gasteiger partial charge is 0.358 e. The fourth-order valence-corrected chi connectivity index (χ4v) is 1.87. The maximum absolute atomic E-state index is 10.8. The Balaban J connectivity index is 2.59. The van der Waals surface area contributed by atoms with Gasteiger partial charge in [-0.2, -0.15) is 0 Å². The van der Waals surface area contributed by atoms with E-state index in [1.165, 1.54) is 0 Å². The predicted molar refractivity (Wildman–Crippen MR) is 61.6 cm³/mol. The zero-order chi connectivity index (χ0) is 10.8. The Morgan fingerprint density at radius 1 is 1.40 bits per heavy atom. The molecule has 0 atom stereocenters. The molecule has 0 spiro atoms. The highest BCUT2D eigenvalue weighted by molar-refractivity contribution is 14.1. The van der Waals surface area contributed by atoms with Crippen LogP contribution in [0, 0.1) is 3.57 Å². The van der Waals surface area contributed by atoms with Gasteiger partial charge in [0.15, 0.2) is 17.8 Å². The van der Waals surface area contributed by atoms with Crippen molar-refractivity contribution in [1.29, 1.82) is 0 Å². The molecule has 0 bridgehead atoms. The second kappa shape index (κ2) is 4.01. The van der Waals surface area contributed by atoms with Gasteiger partial charge >= 0.3 is 5.97 Å². The lowest BCUT2D eigenvalue weighted by atomic mass is 10.1. The second-order valence-corrected chi connectivity index (χ2v) is 3.98. The topological polar surface area (TPSA) is 63.3 Å². The minimum absolute atomic E-state index is 0.0564. The number of carbonyl (C=O) groups is 1. The summed E-state index contributed by atoms with van der Waals surface area (Å²) in [6, 6.07) is 7.38. The van der Waals surface area contributed by atoms with Crippen molar-refractivity contribution in [3.8, 4) is 11.3 Å². The van der Waals surface area contributed by atoms with Crippen molar-refractivity contribution in [2.24, 2.45) is 0 Å². The summed E-state index contributed by atoms with van der Waals surface area (Å²) in [4.78, 5) is 14.5. The minimum atomic E-state index is -1.08. The molecule has 76 valence electrons. The highest BCUT2D eigenvalue weighted by Gasteiger charge is 2.18. The molecule has 0 aliphatic heterocycles. The summed E-state index contributed by atoms with van der Waals surface area (Å²) >= 11 is 2.12. The average molecular weight is 315 g/mol. The van der Waals surface area contributed by atoms with Gasteiger partial charge in [0.2, 0.25) is 0 Å². The van der Waals surface area contributed by atoms with Crippen molar-refractivity contribution in [1.82, 2.24) is 4.98 Å². The first kappa shape index (κ1) is 10.2. The molecule has 1 N–H and O–H groups in total. The van der Waals surface area contributed by atoms with Crippen molar-refractivity contribution >= 4 is 28.6 Å². The van der Waals surface area contributed by atoms with E-state index in [1.54, 1.807) is 6.07 Å². The summed E-state index contributed by atoms with van der Waals surface area (Å²) < 4.78 is 6.02. The lowest BCUT2D eigenvalue weighted by Crippen LogP contribution is -1.99. The summed E-state index contributed by atoms with van der Waals surface area (Å²) in [7, 11) is 0. The number of oxazole rings is 1. The van der Waals surface area contributed by atoms with Gasteiger partial charge in [0.25, 0.3) is 0 Å². The normalized spacial score (nSPS) is 10.2. The lowest BCUT2D eigenvalue weighted by Gasteiger charge is -2.00. The third kappa shape index (κ3) is 1.87. The molecule has 2 rings (SSSR count). The van der Waals surface area contributed by atoms with E-state index in [4.69, 9.17) is 9.52 Å². The van der Waals surface area contributed by atoms with E-state index in [0.717, 1.165) is 15.5 Å². The molecular weight excluding hydrogens is 309 g/mol. The van der Waals surface area contributed by atoms with Crippen molar-refractivity contribution in [3.63, 3.8) is 0 Å². The molecule has 15 heavy (non-hydrogen) atoms. The molecule has 5 heteroatoms. The molecule has 0 fully saturated rings. The number of hydrogen-bond acceptors (Lipinski definition) is 3. The number of carboxylic acid groups (broad SMARTS) is 1. The quantitative estimate of drug-likeness (QED) is 0.866. The molecule has 1 aromatic carbocycles. The van der Waals surface area contributed by atoms with E-state index < -0.39 is 5.97 Å². The molecule has 2 aromatic rings. The zero-order valence-electron chi connectivity index (χ0n) is 7.48. The molecule has 1 aromatic heterocycles. The van der Waals surface area contributed by atoms with Crippen LogP contribution in [-0.2, 0) is 0 Å². The Hall–Kier alpha value is -1.37. The third-order valence-electron chi connectivity index (χ3n) is 1.89. The predicted octanol–water partition coefficient (Wildman–Crippen LogP) is 2.64. The van der Waals surface area contributed by atoms with Gasteiger partial charge in [0.1, 0.15) is 0 Å². The van der Waals surface area contributed by atoms with Gasteiger partial charge < -0.3 is 9.52 Å². The molecular formula is C10H6INO3. The number of aromatic nitrogens is 1. The largest absolute Gasteiger partial charge is 0.476 e. The van der Waals surface area contributed by atoms with Crippen LogP contribution in [0.25, 0.3) is 11.3 Å². The van der Waals surface area contributed by atoms with Gasteiger partial charge in [-0.15, -0.1) is 0 Å². The molecule has 4 nitrogen and oxygen atoms in total. The maximum atomic E-state index is 10.8. The standard InChI is InChI=1S/C10H6INO3/c11-7-4-2-1-3-6(7)9-8(10(13)14)12-5-15-9/h1-5H,(H,13,14). The van der Waals surface area contributed by atoms with E-state index in [9.17, 15) is 4.79 Å². The summed E-state index contributed by atoms with van der Waals surface area (Å²) in [5.74, 6) is -0.786. The molecule has 1 heterocycles. The molecule has 0 aliphatic rings. The van der Waals surface area contributed by atoms with Crippen LogP contribution in [0.1, 0.15) is 10.5 Å². The first-order valence-corrected chi connectivity index (χ1v) is 5.19. The molecule has 0 saturated carbocycles. The van der Waals surface area contributed by atoms with Gasteiger partial charge in [0.05, 0.1) is 0 Å². The zero-order valence-corrected chi connectivity index (χ0v) is 9.63. The van der Waals surface area contributed by atoms with Gasteiger partial charge in [-0.1, -0.05) is 18.2 Å². The maximum Gasteiger partial charge on any atom is 0.358 e. The molecule has 0 unspecified atom stereocenters. The number of nitrogens with zero attached hydrogens (tertiary/aromatic N) is 1. The van der Waals surface area contributed by atoms with Crippen LogP contribution in [0.3, 0.4) is 0 Å². The molecule has 0 radical (unpaired) electrons. The van der Waals surface area contributed by atoms with Gasteiger partial charge in [-0.05, 0) is 28.7 Å². The van der Waals surface area contributed by atoms with Crippen LogP contribution < -0.4 is 0 Å². The van der Waals surface area contributed by atoms with Crippen molar-refractivity contribution in [2.45, 2.75) is 0 Å². The SMILES string of the molecule is O=C(O)c1ncoc1-c1ccccc1I. The van der Waals surface area contributed by atoms with E-state index in [2.05, 4.69) is 27.6 Å². The first-order valence-electron chi connectivity index (χ1n) is 4.12. The summed E-state index contributed by atoms with van der Waals surface area (Å²) in [6.45, 7) is 0. The number of rotatable bonds is 2. The number of aromatic carboxylic acids is 1. The molecule has 0 saturated heterocycles. The van der Waals surface area contributed by atoms with Crippen LogP contribution in [0.15, 0.2) is 35.1 Å². The van der Waals surface area contributed by atoms with Crippen LogP contribution in [0.5, 0.6) is 0 Å². The van der Waals surface area contributed by atoms with Crippen molar-refractivity contribution in [2.75, 3.05) is 0 Å². The van der Waals surface area contributed by atoms with Gasteiger partial charge in [0, 0.05) is 9.13 Å². The van der Waals surface area contributed by atoms with Gasteiger partial charge in [-0.3, -0.25) is 0 Å².